The molecule has 10 heteroatoms. The molecule has 1 amide bonds. The molecule has 29 heavy (non-hydrogen) atoms. The highest BCUT2D eigenvalue weighted by Gasteiger charge is 2.25. The number of hydrogen-bond donors (Lipinski definition) is 2. The Morgan fingerprint density at radius 1 is 1.10 bits per heavy atom. The van der Waals surface area contributed by atoms with Crippen molar-refractivity contribution in [3.05, 3.63) is 69.9 Å². The van der Waals surface area contributed by atoms with Crippen LogP contribution in [-0.2, 0) is 10.0 Å². The van der Waals surface area contributed by atoms with Gasteiger partial charge in [-0.15, -0.1) is 22.7 Å². The summed E-state index contributed by atoms with van der Waals surface area (Å²) in [6.07, 6.45) is 1.54. The number of carbonyl (C=O) groups excluding carboxylic acids is 1. The first-order valence-electron chi connectivity index (χ1n) is 8.40. The van der Waals surface area contributed by atoms with Crippen LogP contribution in [0.5, 0.6) is 0 Å². The monoisotopic (exact) mass is 445 g/mol. The van der Waals surface area contributed by atoms with Crippen molar-refractivity contribution >= 4 is 49.4 Å². The quantitative estimate of drug-likeness (QED) is 0.443. The van der Waals surface area contributed by atoms with Crippen LogP contribution in [0.4, 0.5) is 10.8 Å². The van der Waals surface area contributed by atoms with E-state index in [4.69, 9.17) is 4.42 Å². The van der Waals surface area contributed by atoms with Crippen molar-refractivity contribution < 1.29 is 17.6 Å². The Labute approximate surface area is 175 Å². The number of anilines is 2. The number of amides is 1. The van der Waals surface area contributed by atoms with Gasteiger partial charge in [-0.3, -0.25) is 14.8 Å². The van der Waals surface area contributed by atoms with Crippen LogP contribution < -0.4 is 10.0 Å². The van der Waals surface area contributed by atoms with Gasteiger partial charge in [-0.25, -0.2) is 13.4 Å². The molecule has 7 nitrogen and oxygen atoms in total. The van der Waals surface area contributed by atoms with Gasteiger partial charge in [-0.05, 0) is 42.6 Å². The zero-order valence-electron chi connectivity index (χ0n) is 15.1. The number of thiazole rings is 1. The standard InChI is InChI=1S/C19H15N3O4S3/c1-12-4-6-13(7-5-12)22-29(24,25)16-8-10-27-17(16)18(23)21-19-20-14(11-28-19)15-3-2-9-26-15/h2-11,22H,1H3,(H,20,21,23). The molecule has 0 aliphatic rings. The maximum atomic E-state index is 12.8. The number of carbonyl (C=O) groups is 1. The molecule has 0 bridgehead atoms. The topological polar surface area (TPSA) is 101 Å². The second kappa shape index (κ2) is 7.82. The first kappa shape index (κ1) is 19.4. The highest BCUT2D eigenvalue weighted by molar-refractivity contribution is 7.93. The van der Waals surface area contributed by atoms with Crippen LogP contribution in [0.2, 0.25) is 0 Å². The molecule has 0 fully saturated rings. The fourth-order valence-corrected chi connectivity index (χ4v) is 5.61. The van der Waals surface area contributed by atoms with E-state index in [-0.39, 0.29) is 9.77 Å². The van der Waals surface area contributed by atoms with Crippen molar-refractivity contribution in [3.8, 4) is 11.5 Å². The van der Waals surface area contributed by atoms with E-state index in [1.54, 1.807) is 47.2 Å². The third-order valence-corrected chi connectivity index (χ3v) is 7.15. The Balaban J connectivity index is 1.53. The first-order valence-corrected chi connectivity index (χ1v) is 11.6. The lowest BCUT2D eigenvalue weighted by Gasteiger charge is -2.09. The number of nitrogens with one attached hydrogen (secondary N) is 2. The predicted octanol–water partition coefficient (Wildman–Crippen LogP) is 4.83. The summed E-state index contributed by atoms with van der Waals surface area (Å²) in [6.45, 7) is 1.91. The molecule has 0 aliphatic heterocycles. The summed E-state index contributed by atoms with van der Waals surface area (Å²) < 4.78 is 33.3. The number of aromatic nitrogens is 1. The van der Waals surface area contributed by atoms with Gasteiger partial charge < -0.3 is 4.42 Å². The Hall–Kier alpha value is -2.95. The summed E-state index contributed by atoms with van der Waals surface area (Å²) in [5, 5.41) is 6.32. The SMILES string of the molecule is Cc1ccc(NS(=O)(=O)c2ccsc2C(=O)Nc2nc(-c3ccco3)cs2)cc1. The van der Waals surface area contributed by atoms with Gasteiger partial charge >= 0.3 is 0 Å². The highest BCUT2D eigenvalue weighted by Crippen LogP contribution is 2.28. The summed E-state index contributed by atoms with van der Waals surface area (Å²) in [4.78, 5) is 17.0. The smallest absolute Gasteiger partial charge is 0.268 e. The van der Waals surface area contributed by atoms with Crippen LogP contribution in [0.1, 0.15) is 15.2 Å². The van der Waals surface area contributed by atoms with E-state index in [0.717, 1.165) is 16.9 Å². The molecule has 0 atom stereocenters. The zero-order chi connectivity index (χ0) is 20.4. The third-order valence-electron chi connectivity index (χ3n) is 3.93. The van der Waals surface area contributed by atoms with Gasteiger partial charge in [0.25, 0.3) is 15.9 Å². The van der Waals surface area contributed by atoms with E-state index in [1.165, 1.54) is 23.7 Å². The average molecular weight is 446 g/mol. The largest absolute Gasteiger partial charge is 0.463 e. The number of sulfonamides is 1. The van der Waals surface area contributed by atoms with Crippen molar-refractivity contribution in [1.29, 1.82) is 0 Å². The molecule has 4 rings (SSSR count). The molecule has 0 saturated heterocycles. The van der Waals surface area contributed by atoms with E-state index in [9.17, 15) is 13.2 Å². The molecular formula is C19H15N3O4S3. The zero-order valence-corrected chi connectivity index (χ0v) is 17.5. The van der Waals surface area contributed by atoms with E-state index < -0.39 is 15.9 Å². The van der Waals surface area contributed by atoms with Gasteiger partial charge in [0.1, 0.15) is 15.5 Å². The van der Waals surface area contributed by atoms with Gasteiger partial charge in [-0.2, -0.15) is 0 Å². The maximum Gasteiger partial charge on any atom is 0.268 e. The Morgan fingerprint density at radius 2 is 1.90 bits per heavy atom. The van der Waals surface area contributed by atoms with Crippen LogP contribution in [0.3, 0.4) is 0 Å². The van der Waals surface area contributed by atoms with Crippen LogP contribution in [0.25, 0.3) is 11.5 Å². The fourth-order valence-electron chi connectivity index (χ4n) is 2.53. The van der Waals surface area contributed by atoms with Crippen molar-refractivity contribution in [2.75, 3.05) is 10.0 Å². The van der Waals surface area contributed by atoms with Crippen LogP contribution in [0.15, 0.2) is 68.8 Å². The van der Waals surface area contributed by atoms with Crippen molar-refractivity contribution in [2.24, 2.45) is 0 Å². The Bertz CT molecular complexity index is 1240. The van der Waals surface area contributed by atoms with E-state index in [0.29, 0.717) is 22.3 Å². The minimum atomic E-state index is -3.91. The summed E-state index contributed by atoms with van der Waals surface area (Å²) in [7, 11) is -3.91. The number of nitrogens with zero attached hydrogens (tertiary/aromatic N) is 1. The van der Waals surface area contributed by atoms with E-state index in [1.807, 2.05) is 6.92 Å². The number of benzene rings is 1. The van der Waals surface area contributed by atoms with Crippen LogP contribution in [-0.4, -0.2) is 19.3 Å². The minimum absolute atomic E-state index is 0.0802. The molecule has 0 radical (unpaired) electrons. The Morgan fingerprint density at radius 3 is 2.62 bits per heavy atom. The third kappa shape index (κ3) is 4.24. The van der Waals surface area contributed by atoms with Crippen molar-refractivity contribution in [3.63, 3.8) is 0 Å². The van der Waals surface area contributed by atoms with E-state index in [2.05, 4.69) is 15.0 Å². The maximum absolute atomic E-state index is 12.8. The number of hydrogen-bond acceptors (Lipinski definition) is 7. The molecule has 148 valence electrons. The van der Waals surface area contributed by atoms with E-state index >= 15 is 0 Å². The molecule has 3 heterocycles. The molecule has 4 aromatic rings. The van der Waals surface area contributed by atoms with Gasteiger partial charge in [0.05, 0.1) is 6.26 Å². The lowest BCUT2D eigenvalue weighted by atomic mass is 10.2. The molecule has 0 aliphatic carbocycles. The second-order valence-corrected chi connectivity index (χ2v) is 9.48. The minimum Gasteiger partial charge on any atom is -0.463 e. The van der Waals surface area contributed by atoms with Gasteiger partial charge in [0, 0.05) is 11.1 Å². The lowest BCUT2D eigenvalue weighted by molar-refractivity contribution is 0.102. The molecule has 2 N–H and O–H groups in total. The summed E-state index contributed by atoms with van der Waals surface area (Å²) >= 11 is 2.28. The molecule has 0 unspecified atom stereocenters. The highest BCUT2D eigenvalue weighted by atomic mass is 32.2. The summed E-state index contributed by atoms with van der Waals surface area (Å²) in [6, 6.07) is 11.9. The van der Waals surface area contributed by atoms with Gasteiger partial charge in [0.15, 0.2) is 10.9 Å². The lowest BCUT2D eigenvalue weighted by Crippen LogP contribution is -2.18. The fraction of sp³-hybridized carbons (Fsp3) is 0.0526. The summed E-state index contributed by atoms with van der Waals surface area (Å²) in [5.74, 6) is 0.0491. The first-order chi connectivity index (χ1) is 13.9. The number of aryl methyl sites for hydroxylation is 1. The molecule has 3 aromatic heterocycles. The number of furan rings is 1. The number of rotatable bonds is 6. The molecule has 1 aromatic carbocycles. The van der Waals surface area contributed by atoms with Gasteiger partial charge in [0.2, 0.25) is 0 Å². The Kier molecular flexibility index (Phi) is 5.22. The molecular weight excluding hydrogens is 430 g/mol. The van der Waals surface area contributed by atoms with Crippen molar-refractivity contribution in [2.45, 2.75) is 11.8 Å². The summed E-state index contributed by atoms with van der Waals surface area (Å²) in [5.41, 5.74) is 2.03. The van der Waals surface area contributed by atoms with Crippen LogP contribution >= 0.6 is 22.7 Å². The molecule has 0 spiro atoms. The van der Waals surface area contributed by atoms with Gasteiger partial charge in [-0.1, -0.05) is 17.7 Å². The van der Waals surface area contributed by atoms with Crippen molar-refractivity contribution in [1.82, 2.24) is 4.98 Å². The second-order valence-electron chi connectivity index (χ2n) is 6.05. The average Bonchev–Trinajstić information content (AvgIpc) is 3.44. The predicted molar refractivity (Wildman–Crippen MR) is 114 cm³/mol. The number of thiophene rings is 1. The molecule has 0 saturated carbocycles. The van der Waals surface area contributed by atoms with Crippen LogP contribution in [0, 0.1) is 6.92 Å². The normalized spacial score (nSPS) is 11.3.